The van der Waals surface area contributed by atoms with Gasteiger partial charge in [0, 0.05) is 25.3 Å². The number of anilines is 1. The fraction of sp³-hybridized carbons (Fsp3) is 0.625. The van der Waals surface area contributed by atoms with E-state index < -0.39 is 0 Å². The van der Waals surface area contributed by atoms with Gasteiger partial charge in [0.1, 0.15) is 5.82 Å². The standard InChI is InChI=1S/C16H28FN3/c1-5-18-13-14-12-15(17)8-9-16(14)20(6-2)11-7-10-19(3)4/h8-9,12,18H,5-7,10-11,13H2,1-4H3. The highest BCUT2D eigenvalue weighted by atomic mass is 19.1. The molecule has 1 N–H and O–H groups in total. The zero-order valence-electron chi connectivity index (χ0n) is 13.2. The minimum atomic E-state index is -0.161. The zero-order chi connectivity index (χ0) is 15.0. The Morgan fingerprint density at radius 2 is 1.90 bits per heavy atom. The molecule has 0 amide bonds. The maximum atomic E-state index is 13.4. The first kappa shape index (κ1) is 16.9. The van der Waals surface area contributed by atoms with Crippen LogP contribution < -0.4 is 10.2 Å². The summed E-state index contributed by atoms with van der Waals surface area (Å²) in [5, 5.41) is 3.28. The summed E-state index contributed by atoms with van der Waals surface area (Å²) in [4.78, 5) is 4.52. The molecule has 20 heavy (non-hydrogen) atoms. The lowest BCUT2D eigenvalue weighted by Crippen LogP contribution is -2.28. The Kier molecular flexibility index (Phi) is 7.55. The van der Waals surface area contributed by atoms with Crippen LogP contribution >= 0.6 is 0 Å². The molecule has 0 saturated heterocycles. The van der Waals surface area contributed by atoms with E-state index in [2.05, 4.69) is 43.1 Å². The number of rotatable bonds is 9. The lowest BCUT2D eigenvalue weighted by molar-refractivity contribution is 0.400. The van der Waals surface area contributed by atoms with Crippen LogP contribution in [0.5, 0.6) is 0 Å². The maximum absolute atomic E-state index is 13.4. The molecular weight excluding hydrogens is 253 g/mol. The van der Waals surface area contributed by atoms with Gasteiger partial charge in [-0.15, -0.1) is 0 Å². The van der Waals surface area contributed by atoms with Gasteiger partial charge < -0.3 is 15.1 Å². The number of benzene rings is 1. The van der Waals surface area contributed by atoms with Crippen molar-refractivity contribution in [3.05, 3.63) is 29.6 Å². The van der Waals surface area contributed by atoms with Crippen LogP contribution in [0, 0.1) is 5.82 Å². The molecule has 0 aliphatic heterocycles. The van der Waals surface area contributed by atoms with Gasteiger partial charge in [0.25, 0.3) is 0 Å². The summed E-state index contributed by atoms with van der Waals surface area (Å²) < 4.78 is 13.4. The molecule has 0 unspecified atom stereocenters. The highest BCUT2D eigenvalue weighted by molar-refractivity contribution is 5.53. The highest BCUT2D eigenvalue weighted by Gasteiger charge is 2.10. The van der Waals surface area contributed by atoms with Crippen molar-refractivity contribution < 1.29 is 4.39 Å². The molecule has 1 aromatic carbocycles. The van der Waals surface area contributed by atoms with Crippen LogP contribution in [0.25, 0.3) is 0 Å². The molecule has 1 rings (SSSR count). The zero-order valence-corrected chi connectivity index (χ0v) is 13.2. The van der Waals surface area contributed by atoms with Gasteiger partial charge >= 0.3 is 0 Å². The average Bonchev–Trinajstić information content (AvgIpc) is 2.42. The van der Waals surface area contributed by atoms with Crippen molar-refractivity contribution in [2.75, 3.05) is 45.2 Å². The lowest BCUT2D eigenvalue weighted by Gasteiger charge is -2.26. The van der Waals surface area contributed by atoms with Gasteiger partial charge in [0.15, 0.2) is 0 Å². The maximum Gasteiger partial charge on any atom is 0.123 e. The Bertz CT molecular complexity index is 393. The Morgan fingerprint density at radius 1 is 1.15 bits per heavy atom. The number of hydrogen-bond acceptors (Lipinski definition) is 3. The summed E-state index contributed by atoms with van der Waals surface area (Å²) in [7, 11) is 4.18. The summed E-state index contributed by atoms with van der Waals surface area (Å²) in [5.41, 5.74) is 2.19. The van der Waals surface area contributed by atoms with E-state index in [1.165, 1.54) is 0 Å². The highest BCUT2D eigenvalue weighted by Crippen LogP contribution is 2.22. The van der Waals surface area contributed by atoms with Gasteiger partial charge in [-0.2, -0.15) is 0 Å². The molecule has 1 aromatic rings. The molecule has 0 atom stereocenters. The molecule has 114 valence electrons. The molecule has 0 bridgehead atoms. The minimum absolute atomic E-state index is 0.161. The average molecular weight is 281 g/mol. The van der Waals surface area contributed by atoms with E-state index in [0.29, 0.717) is 6.54 Å². The van der Waals surface area contributed by atoms with Crippen LogP contribution in [0.1, 0.15) is 25.8 Å². The molecular formula is C16H28FN3. The van der Waals surface area contributed by atoms with Gasteiger partial charge in [0.2, 0.25) is 0 Å². The van der Waals surface area contributed by atoms with Crippen molar-refractivity contribution in [2.24, 2.45) is 0 Å². The molecule has 0 aliphatic carbocycles. The van der Waals surface area contributed by atoms with E-state index in [1.54, 1.807) is 12.1 Å². The van der Waals surface area contributed by atoms with Gasteiger partial charge in [-0.1, -0.05) is 6.92 Å². The molecule has 3 nitrogen and oxygen atoms in total. The monoisotopic (exact) mass is 281 g/mol. The van der Waals surface area contributed by atoms with E-state index in [9.17, 15) is 4.39 Å². The van der Waals surface area contributed by atoms with E-state index in [-0.39, 0.29) is 5.82 Å². The largest absolute Gasteiger partial charge is 0.372 e. The Balaban J connectivity index is 2.78. The lowest BCUT2D eigenvalue weighted by atomic mass is 10.1. The summed E-state index contributed by atoms with van der Waals surface area (Å²) >= 11 is 0. The molecule has 0 fully saturated rings. The second kappa shape index (κ2) is 8.93. The predicted octanol–water partition coefficient (Wildman–Crippen LogP) is 2.71. The fourth-order valence-corrected chi connectivity index (χ4v) is 2.29. The number of halogens is 1. The van der Waals surface area contributed by atoms with Crippen molar-refractivity contribution in [3.63, 3.8) is 0 Å². The normalized spacial score (nSPS) is 11.1. The summed E-state index contributed by atoms with van der Waals surface area (Å²) in [6.07, 6.45) is 1.11. The number of hydrogen-bond donors (Lipinski definition) is 1. The van der Waals surface area contributed by atoms with Crippen molar-refractivity contribution in [1.82, 2.24) is 10.2 Å². The quantitative estimate of drug-likeness (QED) is 0.751. The summed E-state index contributed by atoms with van der Waals surface area (Å²) in [5.74, 6) is -0.161. The number of nitrogens with zero attached hydrogens (tertiary/aromatic N) is 2. The van der Waals surface area contributed by atoms with Crippen molar-refractivity contribution in [2.45, 2.75) is 26.8 Å². The van der Waals surface area contributed by atoms with E-state index in [1.807, 2.05) is 6.07 Å². The smallest absolute Gasteiger partial charge is 0.123 e. The third kappa shape index (κ3) is 5.47. The van der Waals surface area contributed by atoms with Crippen LogP contribution in [0.15, 0.2) is 18.2 Å². The molecule has 0 spiro atoms. The third-order valence-electron chi connectivity index (χ3n) is 3.36. The van der Waals surface area contributed by atoms with Crippen LogP contribution in [0.2, 0.25) is 0 Å². The molecule has 0 saturated carbocycles. The van der Waals surface area contributed by atoms with Crippen LogP contribution in [-0.4, -0.2) is 45.2 Å². The Morgan fingerprint density at radius 3 is 2.50 bits per heavy atom. The molecule has 0 radical (unpaired) electrons. The van der Waals surface area contributed by atoms with Gasteiger partial charge in [-0.25, -0.2) is 4.39 Å². The Hall–Kier alpha value is -1.13. The van der Waals surface area contributed by atoms with Crippen LogP contribution in [0.3, 0.4) is 0 Å². The first-order valence-electron chi connectivity index (χ1n) is 7.47. The van der Waals surface area contributed by atoms with Gasteiger partial charge in [-0.05, 0) is 64.3 Å². The fourth-order valence-electron chi connectivity index (χ4n) is 2.29. The van der Waals surface area contributed by atoms with E-state index in [0.717, 1.165) is 43.9 Å². The number of nitrogens with one attached hydrogen (secondary N) is 1. The van der Waals surface area contributed by atoms with Crippen LogP contribution in [-0.2, 0) is 6.54 Å². The van der Waals surface area contributed by atoms with Crippen molar-refractivity contribution in [1.29, 1.82) is 0 Å². The topological polar surface area (TPSA) is 18.5 Å². The van der Waals surface area contributed by atoms with E-state index in [4.69, 9.17) is 0 Å². The molecule has 4 heteroatoms. The first-order valence-corrected chi connectivity index (χ1v) is 7.47. The van der Waals surface area contributed by atoms with Crippen molar-refractivity contribution in [3.8, 4) is 0 Å². The third-order valence-corrected chi connectivity index (χ3v) is 3.36. The second-order valence-electron chi connectivity index (χ2n) is 5.29. The van der Waals surface area contributed by atoms with Crippen molar-refractivity contribution >= 4 is 5.69 Å². The summed E-state index contributed by atoms with van der Waals surface area (Å²) in [6.45, 7) is 8.83. The second-order valence-corrected chi connectivity index (χ2v) is 5.29. The van der Waals surface area contributed by atoms with Crippen LogP contribution in [0.4, 0.5) is 10.1 Å². The molecule has 0 aromatic heterocycles. The minimum Gasteiger partial charge on any atom is -0.372 e. The summed E-state index contributed by atoms with van der Waals surface area (Å²) in [6, 6.07) is 5.10. The SMILES string of the molecule is CCNCc1cc(F)ccc1N(CC)CCCN(C)C. The Labute approximate surface area is 122 Å². The predicted molar refractivity (Wildman–Crippen MR) is 84.8 cm³/mol. The van der Waals surface area contributed by atoms with Gasteiger partial charge in [-0.3, -0.25) is 0 Å². The first-order chi connectivity index (χ1) is 9.58. The van der Waals surface area contributed by atoms with E-state index >= 15 is 0 Å². The molecule has 0 heterocycles. The van der Waals surface area contributed by atoms with Gasteiger partial charge in [0.05, 0.1) is 0 Å². The molecule has 0 aliphatic rings.